The van der Waals surface area contributed by atoms with Crippen LogP contribution in [-0.4, -0.2) is 25.3 Å². The summed E-state index contributed by atoms with van der Waals surface area (Å²) in [5, 5.41) is 13.2. The van der Waals surface area contributed by atoms with E-state index in [1.54, 1.807) is 13.2 Å². The summed E-state index contributed by atoms with van der Waals surface area (Å²) in [6, 6.07) is 5.56. The van der Waals surface area contributed by atoms with E-state index >= 15 is 0 Å². The largest absolute Gasteiger partial charge is 0.508 e. The van der Waals surface area contributed by atoms with Crippen LogP contribution in [0.2, 0.25) is 0 Å². The molecule has 1 fully saturated rings. The highest BCUT2D eigenvalue weighted by atomic mass is 16.5. The second kappa shape index (κ2) is 5.21. The minimum Gasteiger partial charge on any atom is -0.508 e. The topological polar surface area (TPSA) is 41.5 Å². The first-order valence-corrected chi connectivity index (χ1v) is 5.86. The zero-order chi connectivity index (χ0) is 11.4. The molecule has 0 spiro atoms. The van der Waals surface area contributed by atoms with Gasteiger partial charge in [0, 0.05) is 6.07 Å². The molecule has 3 nitrogen and oxygen atoms in total. The van der Waals surface area contributed by atoms with Crippen molar-refractivity contribution in [2.75, 3.05) is 20.2 Å². The highest BCUT2D eigenvalue weighted by molar-refractivity contribution is 5.39. The Kier molecular flexibility index (Phi) is 3.67. The van der Waals surface area contributed by atoms with Crippen LogP contribution in [-0.2, 0) is 6.42 Å². The van der Waals surface area contributed by atoms with Gasteiger partial charge in [0.15, 0.2) is 0 Å². The van der Waals surface area contributed by atoms with Crippen molar-refractivity contribution >= 4 is 0 Å². The van der Waals surface area contributed by atoms with Gasteiger partial charge in [0.1, 0.15) is 11.5 Å². The van der Waals surface area contributed by atoms with Crippen molar-refractivity contribution in [2.24, 2.45) is 5.92 Å². The van der Waals surface area contributed by atoms with E-state index in [4.69, 9.17) is 4.74 Å². The molecule has 1 saturated heterocycles. The van der Waals surface area contributed by atoms with Gasteiger partial charge < -0.3 is 15.2 Å². The van der Waals surface area contributed by atoms with Gasteiger partial charge in [0.25, 0.3) is 0 Å². The third kappa shape index (κ3) is 2.67. The Balaban J connectivity index is 2.03. The number of hydrogen-bond acceptors (Lipinski definition) is 3. The van der Waals surface area contributed by atoms with Crippen LogP contribution >= 0.6 is 0 Å². The highest BCUT2D eigenvalue weighted by Gasteiger charge is 2.15. The molecule has 2 N–H and O–H groups in total. The number of rotatable bonds is 3. The molecule has 0 saturated carbocycles. The standard InChI is InChI=1S/C13H19NO2/c1-16-12-5-4-11(13(15)8-12)7-10-3-2-6-14-9-10/h4-5,8,10,14-15H,2-3,6-7,9H2,1H3. The maximum absolute atomic E-state index is 9.85. The van der Waals surface area contributed by atoms with Gasteiger partial charge in [-0.15, -0.1) is 0 Å². The van der Waals surface area contributed by atoms with E-state index in [0.29, 0.717) is 17.4 Å². The number of benzene rings is 1. The summed E-state index contributed by atoms with van der Waals surface area (Å²) in [5.41, 5.74) is 1.02. The van der Waals surface area contributed by atoms with E-state index in [1.807, 2.05) is 12.1 Å². The molecule has 1 heterocycles. The molecule has 0 radical (unpaired) electrons. The average Bonchev–Trinajstić information content (AvgIpc) is 2.33. The summed E-state index contributed by atoms with van der Waals surface area (Å²) in [6.45, 7) is 2.19. The molecule has 0 amide bonds. The summed E-state index contributed by atoms with van der Waals surface area (Å²) in [6.07, 6.45) is 3.43. The van der Waals surface area contributed by atoms with E-state index < -0.39 is 0 Å². The van der Waals surface area contributed by atoms with Gasteiger partial charge in [0.2, 0.25) is 0 Å². The summed E-state index contributed by atoms with van der Waals surface area (Å²) in [5.74, 6) is 1.71. The number of phenolic OH excluding ortho intramolecular Hbond substituents is 1. The van der Waals surface area contributed by atoms with Crippen LogP contribution in [0.1, 0.15) is 18.4 Å². The number of aromatic hydroxyl groups is 1. The van der Waals surface area contributed by atoms with Gasteiger partial charge >= 0.3 is 0 Å². The first kappa shape index (κ1) is 11.3. The van der Waals surface area contributed by atoms with Crippen molar-refractivity contribution < 1.29 is 9.84 Å². The minimum absolute atomic E-state index is 0.352. The fourth-order valence-corrected chi connectivity index (χ4v) is 2.25. The third-order valence-electron chi connectivity index (χ3n) is 3.20. The molecule has 1 aromatic carbocycles. The minimum atomic E-state index is 0.352. The van der Waals surface area contributed by atoms with Gasteiger partial charge in [-0.2, -0.15) is 0 Å². The molecule has 88 valence electrons. The van der Waals surface area contributed by atoms with Crippen LogP contribution in [0.5, 0.6) is 11.5 Å². The molecular weight excluding hydrogens is 202 g/mol. The quantitative estimate of drug-likeness (QED) is 0.819. The van der Waals surface area contributed by atoms with Crippen molar-refractivity contribution in [3.8, 4) is 11.5 Å². The lowest BCUT2D eigenvalue weighted by Crippen LogP contribution is -2.30. The van der Waals surface area contributed by atoms with Crippen molar-refractivity contribution in [1.82, 2.24) is 5.32 Å². The first-order valence-electron chi connectivity index (χ1n) is 5.86. The predicted molar refractivity (Wildman–Crippen MR) is 64.0 cm³/mol. The number of methoxy groups -OCH3 is 1. The molecule has 1 aliphatic rings. The van der Waals surface area contributed by atoms with Crippen LogP contribution in [0.15, 0.2) is 18.2 Å². The summed E-state index contributed by atoms with van der Waals surface area (Å²) in [7, 11) is 1.61. The SMILES string of the molecule is COc1ccc(CC2CCCNC2)c(O)c1. The van der Waals surface area contributed by atoms with Crippen molar-refractivity contribution in [3.63, 3.8) is 0 Å². The van der Waals surface area contributed by atoms with Gasteiger partial charge in [-0.25, -0.2) is 0 Å². The van der Waals surface area contributed by atoms with Crippen molar-refractivity contribution in [2.45, 2.75) is 19.3 Å². The normalized spacial score (nSPS) is 20.7. The number of hydrogen-bond donors (Lipinski definition) is 2. The smallest absolute Gasteiger partial charge is 0.122 e. The molecule has 1 unspecified atom stereocenters. The fourth-order valence-electron chi connectivity index (χ4n) is 2.25. The summed E-state index contributed by atoms with van der Waals surface area (Å²) < 4.78 is 5.07. The molecule has 0 bridgehead atoms. The van der Waals surface area contributed by atoms with Gasteiger partial charge in [0.05, 0.1) is 7.11 Å². The molecular formula is C13H19NO2. The van der Waals surface area contributed by atoms with Crippen LogP contribution < -0.4 is 10.1 Å². The molecule has 0 aromatic heterocycles. The Morgan fingerprint density at radius 2 is 2.38 bits per heavy atom. The molecule has 3 heteroatoms. The van der Waals surface area contributed by atoms with Crippen LogP contribution in [0, 0.1) is 5.92 Å². The molecule has 2 rings (SSSR count). The van der Waals surface area contributed by atoms with E-state index in [2.05, 4.69) is 5.32 Å². The Hall–Kier alpha value is -1.22. The van der Waals surface area contributed by atoms with Crippen LogP contribution in [0.3, 0.4) is 0 Å². The Bertz CT molecular complexity index is 346. The van der Waals surface area contributed by atoms with Crippen molar-refractivity contribution in [3.05, 3.63) is 23.8 Å². The monoisotopic (exact) mass is 221 g/mol. The Labute approximate surface area is 96.4 Å². The van der Waals surface area contributed by atoms with Gasteiger partial charge in [-0.05, 0) is 49.9 Å². The molecule has 1 aliphatic heterocycles. The number of piperidine rings is 1. The third-order valence-corrected chi connectivity index (χ3v) is 3.20. The van der Waals surface area contributed by atoms with E-state index in [1.165, 1.54) is 12.8 Å². The maximum atomic E-state index is 9.85. The first-order chi connectivity index (χ1) is 7.79. The second-order valence-electron chi connectivity index (χ2n) is 4.41. The molecule has 1 atom stereocenters. The zero-order valence-electron chi connectivity index (χ0n) is 9.70. The van der Waals surface area contributed by atoms with Crippen LogP contribution in [0.25, 0.3) is 0 Å². The van der Waals surface area contributed by atoms with E-state index in [-0.39, 0.29) is 0 Å². The average molecular weight is 221 g/mol. The maximum Gasteiger partial charge on any atom is 0.122 e. The number of ether oxygens (including phenoxy) is 1. The molecule has 16 heavy (non-hydrogen) atoms. The lowest BCUT2D eigenvalue weighted by molar-refractivity contribution is 0.368. The number of phenols is 1. The highest BCUT2D eigenvalue weighted by Crippen LogP contribution is 2.27. The lowest BCUT2D eigenvalue weighted by atomic mass is 9.92. The van der Waals surface area contributed by atoms with E-state index in [0.717, 1.165) is 25.1 Å². The second-order valence-corrected chi connectivity index (χ2v) is 4.41. The van der Waals surface area contributed by atoms with Crippen LogP contribution in [0.4, 0.5) is 0 Å². The van der Waals surface area contributed by atoms with Gasteiger partial charge in [-0.3, -0.25) is 0 Å². The van der Waals surface area contributed by atoms with Gasteiger partial charge in [-0.1, -0.05) is 6.07 Å². The molecule has 1 aromatic rings. The Morgan fingerprint density at radius 1 is 1.50 bits per heavy atom. The fraction of sp³-hybridized carbons (Fsp3) is 0.538. The summed E-state index contributed by atoms with van der Waals surface area (Å²) >= 11 is 0. The lowest BCUT2D eigenvalue weighted by Gasteiger charge is -2.23. The summed E-state index contributed by atoms with van der Waals surface area (Å²) in [4.78, 5) is 0. The van der Waals surface area contributed by atoms with Crippen molar-refractivity contribution in [1.29, 1.82) is 0 Å². The van der Waals surface area contributed by atoms with E-state index in [9.17, 15) is 5.11 Å². The number of nitrogens with one attached hydrogen (secondary N) is 1. The molecule has 0 aliphatic carbocycles. The predicted octanol–water partition coefficient (Wildman–Crippen LogP) is 1.94. The zero-order valence-corrected chi connectivity index (χ0v) is 9.70. The Morgan fingerprint density at radius 3 is 3.00 bits per heavy atom.